The van der Waals surface area contributed by atoms with Crippen LogP contribution in [0, 0.1) is 0 Å². The Morgan fingerprint density at radius 1 is 0.976 bits per heavy atom. The van der Waals surface area contributed by atoms with Crippen LogP contribution in [-0.4, -0.2) is 22.7 Å². The monoisotopic (exact) mass is 596 g/mol. The standard InChI is InChI=1S/C28H27F3N8O2S/c29-28(30,31)42-25-8-4-7-23(17-25)32-27(41)38(24-15-13-21(14-16-24)20-5-2-1-3-6-20)18-19-9-11-22(12-10-19)26(40)33-39-36-34-35-37-39/h4-5,7-17H,1-3,6,18H2,(H,32,41)(H,33,40)(H,34,37)(H,35,36). The molecule has 0 saturated heterocycles. The van der Waals surface area contributed by atoms with Crippen molar-refractivity contribution in [1.29, 1.82) is 0 Å². The van der Waals surface area contributed by atoms with Crippen LogP contribution in [-0.2, 0) is 6.54 Å². The highest BCUT2D eigenvalue weighted by Gasteiger charge is 2.29. The number of allylic oxidation sites excluding steroid dienone is 2. The molecule has 10 nitrogen and oxygen atoms in total. The molecule has 0 fully saturated rings. The quantitative estimate of drug-likeness (QED) is 0.214. The van der Waals surface area contributed by atoms with Crippen LogP contribution >= 0.6 is 11.8 Å². The lowest BCUT2D eigenvalue weighted by Crippen LogP contribution is -2.51. The van der Waals surface area contributed by atoms with E-state index in [0.717, 1.165) is 35.6 Å². The molecular formula is C28H27F3N8O2S. The summed E-state index contributed by atoms with van der Waals surface area (Å²) in [6.45, 7) is 0.139. The predicted octanol–water partition coefficient (Wildman–Crippen LogP) is 6.75. The van der Waals surface area contributed by atoms with Gasteiger partial charge in [0.15, 0.2) is 0 Å². The van der Waals surface area contributed by atoms with Gasteiger partial charge in [-0.15, -0.1) is 0 Å². The van der Waals surface area contributed by atoms with Crippen LogP contribution in [0.3, 0.4) is 0 Å². The molecule has 14 heteroatoms. The second kappa shape index (κ2) is 13.0. The maximum absolute atomic E-state index is 13.5. The van der Waals surface area contributed by atoms with E-state index in [-0.39, 0.29) is 28.9 Å². The van der Waals surface area contributed by atoms with E-state index in [1.807, 2.05) is 24.3 Å². The zero-order valence-corrected chi connectivity index (χ0v) is 23.0. The minimum absolute atomic E-state index is 0.0347. The van der Waals surface area contributed by atoms with Crippen LogP contribution < -0.4 is 26.7 Å². The van der Waals surface area contributed by atoms with Crippen molar-refractivity contribution in [1.82, 2.24) is 21.7 Å². The molecule has 1 aliphatic heterocycles. The number of benzene rings is 3. The lowest BCUT2D eigenvalue weighted by atomic mass is 9.93. The lowest BCUT2D eigenvalue weighted by Gasteiger charge is -2.24. The lowest BCUT2D eigenvalue weighted by molar-refractivity contribution is -0.0328. The minimum Gasteiger partial charge on any atom is -0.307 e. The van der Waals surface area contributed by atoms with Crippen LogP contribution in [0.4, 0.5) is 29.3 Å². The van der Waals surface area contributed by atoms with Gasteiger partial charge in [0.05, 0.1) is 6.54 Å². The number of carbonyl (C=O) groups is 2. The van der Waals surface area contributed by atoms with Crippen LogP contribution in [0.15, 0.2) is 94.2 Å². The minimum atomic E-state index is -4.45. The van der Waals surface area contributed by atoms with Gasteiger partial charge in [-0.05, 0) is 112 Å². The fourth-order valence-corrected chi connectivity index (χ4v) is 5.11. The van der Waals surface area contributed by atoms with E-state index in [2.05, 4.69) is 38.3 Å². The molecular weight excluding hydrogens is 569 g/mol. The Bertz CT molecular complexity index is 1470. The number of hydrogen-bond acceptors (Lipinski definition) is 8. The fraction of sp³-hybridized carbons (Fsp3) is 0.214. The van der Waals surface area contributed by atoms with Gasteiger partial charge in [0, 0.05) is 21.8 Å². The number of thioether (sulfide) groups is 1. The van der Waals surface area contributed by atoms with E-state index in [1.54, 1.807) is 24.3 Å². The SMILES string of the molecule is O=C(NN1NN=NN1)c1ccc(CN(C(=O)Nc2cccc(SC(F)(F)F)c2)c2ccc(C3=CCCCC3)cc2)cc1. The zero-order chi connectivity index (χ0) is 29.5. The number of alkyl halides is 3. The molecule has 0 aromatic heterocycles. The van der Waals surface area contributed by atoms with Gasteiger partial charge in [0.25, 0.3) is 5.91 Å². The number of amides is 3. The molecule has 4 N–H and O–H groups in total. The molecule has 218 valence electrons. The smallest absolute Gasteiger partial charge is 0.307 e. The van der Waals surface area contributed by atoms with Crippen molar-refractivity contribution in [2.24, 2.45) is 10.4 Å². The van der Waals surface area contributed by atoms with E-state index in [0.29, 0.717) is 11.3 Å². The average molecular weight is 597 g/mol. The molecule has 2 aliphatic rings. The summed E-state index contributed by atoms with van der Waals surface area (Å²) in [5.41, 5.74) is 7.20. The van der Waals surface area contributed by atoms with Crippen molar-refractivity contribution in [3.63, 3.8) is 0 Å². The summed E-state index contributed by atoms with van der Waals surface area (Å²) < 4.78 is 38.7. The number of carbonyl (C=O) groups excluding carboxylic acids is 2. The zero-order valence-electron chi connectivity index (χ0n) is 22.2. The van der Waals surface area contributed by atoms with Crippen LogP contribution in [0.5, 0.6) is 0 Å². The Hall–Kier alpha value is -4.56. The summed E-state index contributed by atoms with van der Waals surface area (Å²) in [7, 11) is 0. The Labute approximate surface area is 243 Å². The summed E-state index contributed by atoms with van der Waals surface area (Å²) in [6.07, 6.45) is 6.60. The van der Waals surface area contributed by atoms with Crippen LogP contribution in [0.1, 0.15) is 47.2 Å². The summed E-state index contributed by atoms with van der Waals surface area (Å²) in [5.74, 6) is -0.423. The molecule has 0 unspecified atom stereocenters. The van der Waals surface area contributed by atoms with Gasteiger partial charge in [-0.2, -0.15) is 24.2 Å². The molecule has 0 spiro atoms. The number of nitrogens with zero attached hydrogens (tertiary/aromatic N) is 4. The predicted molar refractivity (Wildman–Crippen MR) is 153 cm³/mol. The van der Waals surface area contributed by atoms with Gasteiger partial charge in [0.1, 0.15) is 0 Å². The second-order valence-electron chi connectivity index (χ2n) is 9.49. The second-order valence-corrected chi connectivity index (χ2v) is 10.6. The molecule has 0 saturated carbocycles. The van der Waals surface area contributed by atoms with Gasteiger partial charge in [-0.3, -0.25) is 9.69 Å². The first-order chi connectivity index (χ1) is 20.2. The van der Waals surface area contributed by atoms with E-state index >= 15 is 0 Å². The van der Waals surface area contributed by atoms with Gasteiger partial charge in [0.2, 0.25) is 0 Å². The molecule has 3 aromatic rings. The summed E-state index contributed by atoms with van der Waals surface area (Å²) in [5, 5.41) is 10.7. The highest BCUT2D eigenvalue weighted by molar-refractivity contribution is 8.00. The van der Waals surface area contributed by atoms with Gasteiger partial charge in [-0.25, -0.2) is 10.2 Å². The molecule has 1 heterocycles. The fourth-order valence-electron chi connectivity index (χ4n) is 4.51. The summed E-state index contributed by atoms with van der Waals surface area (Å²) >= 11 is -0.246. The van der Waals surface area contributed by atoms with Gasteiger partial charge in [-0.1, -0.05) is 36.4 Å². The van der Waals surface area contributed by atoms with Crippen molar-refractivity contribution >= 4 is 40.6 Å². The van der Waals surface area contributed by atoms with Crippen molar-refractivity contribution in [2.75, 3.05) is 10.2 Å². The Balaban J connectivity index is 1.35. The molecule has 1 aliphatic carbocycles. The maximum Gasteiger partial charge on any atom is 0.446 e. The number of nitrogens with one attached hydrogen (secondary N) is 4. The first-order valence-corrected chi connectivity index (χ1v) is 13.9. The first kappa shape index (κ1) is 29.0. The van der Waals surface area contributed by atoms with E-state index in [9.17, 15) is 22.8 Å². The van der Waals surface area contributed by atoms with E-state index in [1.165, 1.54) is 41.2 Å². The Kier molecular flexibility index (Phi) is 8.93. The molecule has 0 bridgehead atoms. The van der Waals surface area contributed by atoms with Crippen LogP contribution in [0.2, 0.25) is 0 Å². The Morgan fingerprint density at radius 3 is 2.38 bits per heavy atom. The van der Waals surface area contributed by atoms with Gasteiger partial charge < -0.3 is 5.32 Å². The summed E-state index contributed by atoms with van der Waals surface area (Å²) in [6, 6.07) is 19.4. The van der Waals surface area contributed by atoms with Crippen LogP contribution in [0.25, 0.3) is 5.57 Å². The maximum atomic E-state index is 13.5. The third-order valence-electron chi connectivity index (χ3n) is 6.51. The summed E-state index contributed by atoms with van der Waals surface area (Å²) in [4.78, 5) is 27.5. The van der Waals surface area contributed by atoms with Gasteiger partial charge >= 0.3 is 11.5 Å². The molecule has 3 amide bonds. The number of halogens is 3. The van der Waals surface area contributed by atoms with Crippen molar-refractivity contribution in [3.8, 4) is 0 Å². The average Bonchev–Trinajstić information content (AvgIpc) is 3.49. The number of anilines is 2. The molecule has 42 heavy (non-hydrogen) atoms. The molecule has 0 atom stereocenters. The molecule has 0 radical (unpaired) electrons. The number of hydrazine groups is 3. The highest BCUT2D eigenvalue weighted by Crippen LogP contribution is 2.37. The Morgan fingerprint density at radius 2 is 1.71 bits per heavy atom. The number of rotatable bonds is 8. The normalized spacial score (nSPS) is 14.9. The van der Waals surface area contributed by atoms with E-state index in [4.69, 9.17) is 0 Å². The number of urea groups is 1. The molecule has 5 rings (SSSR count). The number of hydrogen-bond donors (Lipinski definition) is 4. The molecule has 3 aromatic carbocycles. The van der Waals surface area contributed by atoms with E-state index < -0.39 is 17.4 Å². The van der Waals surface area contributed by atoms with Crippen molar-refractivity contribution in [3.05, 3.63) is 95.6 Å². The third-order valence-corrected chi connectivity index (χ3v) is 7.24. The third kappa shape index (κ3) is 7.79. The van der Waals surface area contributed by atoms with Crippen molar-refractivity contribution < 1.29 is 22.8 Å². The van der Waals surface area contributed by atoms with Crippen molar-refractivity contribution in [2.45, 2.75) is 42.6 Å². The highest BCUT2D eigenvalue weighted by atomic mass is 32.2. The first-order valence-electron chi connectivity index (χ1n) is 13.1. The largest absolute Gasteiger partial charge is 0.446 e. The topological polar surface area (TPSA) is 113 Å².